The molecular formula is C22H19FN2O4S. The number of phenolic OH excluding ortho intramolecular Hbond substituents is 1. The van der Waals surface area contributed by atoms with Crippen molar-refractivity contribution in [2.45, 2.75) is 19.3 Å². The largest absolute Gasteiger partial charge is 0.504 e. The van der Waals surface area contributed by atoms with Crippen molar-refractivity contribution in [3.63, 3.8) is 0 Å². The van der Waals surface area contributed by atoms with Gasteiger partial charge in [0.05, 0.1) is 17.0 Å². The highest BCUT2D eigenvalue weighted by molar-refractivity contribution is 7.18. The fourth-order valence-electron chi connectivity index (χ4n) is 3.64. The molecule has 8 heteroatoms. The van der Waals surface area contributed by atoms with Crippen LogP contribution in [0.2, 0.25) is 0 Å². The molecule has 1 atom stereocenters. The third-order valence-electron chi connectivity index (χ3n) is 5.10. The zero-order valence-electron chi connectivity index (χ0n) is 16.3. The number of carbonyl (C=O) groups excluding carboxylic acids is 2. The van der Waals surface area contributed by atoms with E-state index in [-0.39, 0.29) is 35.7 Å². The first-order chi connectivity index (χ1) is 14.4. The first-order valence-electron chi connectivity index (χ1n) is 9.24. The molecule has 1 aromatic heterocycles. The number of anilines is 2. The first-order valence-corrected chi connectivity index (χ1v) is 10.1. The molecule has 3 N–H and O–H groups in total. The normalized spacial score (nSPS) is 15.3. The third-order valence-corrected chi connectivity index (χ3v) is 6.32. The van der Waals surface area contributed by atoms with Crippen LogP contribution in [0.1, 0.15) is 38.7 Å². The Bertz CT molecular complexity index is 1140. The molecule has 0 fully saturated rings. The Morgan fingerprint density at radius 2 is 2.00 bits per heavy atom. The number of rotatable bonds is 4. The molecule has 1 aliphatic rings. The number of fused-ring (bicyclic) bond motifs is 1. The molecular weight excluding hydrogens is 407 g/mol. The predicted octanol–water partition coefficient (Wildman–Crippen LogP) is 4.64. The lowest BCUT2D eigenvalue weighted by Crippen LogP contribution is -2.22. The average Bonchev–Trinajstić information content (AvgIpc) is 3.06. The number of phenols is 1. The minimum Gasteiger partial charge on any atom is -0.504 e. The van der Waals surface area contributed by atoms with Crippen molar-refractivity contribution in [1.29, 1.82) is 0 Å². The highest BCUT2D eigenvalue weighted by Crippen LogP contribution is 2.46. The predicted molar refractivity (Wildman–Crippen MR) is 113 cm³/mol. The molecule has 0 saturated carbocycles. The Kier molecular flexibility index (Phi) is 5.17. The van der Waals surface area contributed by atoms with Crippen LogP contribution < -0.4 is 15.4 Å². The van der Waals surface area contributed by atoms with Gasteiger partial charge in [0.25, 0.3) is 5.91 Å². The van der Waals surface area contributed by atoms with Gasteiger partial charge in [0.15, 0.2) is 11.5 Å². The number of benzene rings is 2. The second-order valence-corrected chi connectivity index (χ2v) is 8.02. The van der Waals surface area contributed by atoms with Gasteiger partial charge in [-0.2, -0.15) is 0 Å². The standard InChI is InChI=1S/C22H19FN2O4S/c1-11-19-15(12-3-8-16(26)17(9-12)29-2)10-18(27)25-22(19)30-20(11)21(28)24-14-6-4-13(23)5-7-14/h3-9,15,26H,10H2,1-2H3,(H,24,28)(H,25,27)/t15-/m0/s1. The summed E-state index contributed by atoms with van der Waals surface area (Å²) in [5.41, 5.74) is 2.94. The van der Waals surface area contributed by atoms with E-state index in [1.54, 1.807) is 12.1 Å². The van der Waals surface area contributed by atoms with Crippen molar-refractivity contribution >= 4 is 33.8 Å². The summed E-state index contributed by atoms with van der Waals surface area (Å²) in [7, 11) is 1.46. The molecule has 3 aromatic rings. The summed E-state index contributed by atoms with van der Waals surface area (Å²) >= 11 is 1.21. The fourth-order valence-corrected chi connectivity index (χ4v) is 4.82. The summed E-state index contributed by atoms with van der Waals surface area (Å²) in [6.45, 7) is 1.84. The van der Waals surface area contributed by atoms with Crippen molar-refractivity contribution in [1.82, 2.24) is 0 Å². The van der Waals surface area contributed by atoms with E-state index in [2.05, 4.69) is 10.6 Å². The number of halogens is 1. The van der Waals surface area contributed by atoms with Gasteiger partial charge in [-0.1, -0.05) is 6.07 Å². The molecule has 0 spiro atoms. The molecule has 2 amide bonds. The lowest BCUT2D eigenvalue weighted by molar-refractivity contribution is -0.116. The molecule has 2 heterocycles. The van der Waals surface area contributed by atoms with Gasteiger partial charge in [-0.3, -0.25) is 9.59 Å². The van der Waals surface area contributed by atoms with Crippen LogP contribution >= 0.6 is 11.3 Å². The number of hydrogen-bond donors (Lipinski definition) is 3. The smallest absolute Gasteiger partial charge is 0.266 e. The fraction of sp³-hybridized carbons (Fsp3) is 0.182. The lowest BCUT2D eigenvalue weighted by atomic mass is 9.84. The van der Waals surface area contributed by atoms with Gasteiger partial charge in [0, 0.05) is 18.0 Å². The number of methoxy groups -OCH3 is 1. The van der Waals surface area contributed by atoms with Crippen LogP contribution in [-0.2, 0) is 4.79 Å². The van der Waals surface area contributed by atoms with E-state index < -0.39 is 0 Å². The molecule has 30 heavy (non-hydrogen) atoms. The molecule has 1 aliphatic heterocycles. The SMILES string of the molecule is COc1cc([C@@H]2CC(=O)Nc3sc(C(=O)Nc4ccc(F)cc4)c(C)c32)ccc1O. The molecule has 6 nitrogen and oxygen atoms in total. The van der Waals surface area contributed by atoms with Crippen LogP contribution in [0.5, 0.6) is 11.5 Å². The minimum atomic E-state index is -0.384. The van der Waals surface area contributed by atoms with Crippen molar-refractivity contribution in [3.05, 3.63) is 69.8 Å². The van der Waals surface area contributed by atoms with Gasteiger partial charge in [0.1, 0.15) is 5.82 Å². The minimum absolute atomic E-state index is 0.0168. The topological polar surface area (TPSA) is 87.7 Å². The Labute approximate surface area is 176 Å². The quantitative estimate of drug-likeness (QED) is 0.567. The van der Waals surface area contributed by atoms with Gasteiger partial charge in [-0.25, -0.2) is 4.39 Å². The summed E-state index contributed by atoms with van der Waals surface area (Å²) in [5.74, 6) is -0.788. The number of amides is 2. The second-order valence-electron chi connectivity index (χ2n) is 7.00. The molecule has 0 aliphatic carbocycles. The maximum atomic E-state index is 13.1. The van der Waals surface area contributed by atoms with Crippen molar-refractivity contribution in [2.24, 2.45) is 0 Å². The molecule has 0 radical (unpaired) electrons. The van der Waals surface area contributed by atoms with Gasteiger partial charge in [-0.15, -0.1) is 11.3 Å². The first kappa shape index (κ1) is 19.9. The van der Waals surface area contributed by atoms with Gasteiger partial charge < -0.3 is 20.5 Å². The number of nitrogens with one attached hydrogen (secondary N) is 2. The van der Waals surface area contributed by atoms with Gasteiger partial charge >= 0.3 is 0 Å². The van der Waals surface area contributed by atoms with E-state index in [1.807, 2.05) is 6.92 Å². The molecule has 4 rings (SSSR count). The highest BCUT2D eigenvalue weighted by Gasteiger charge is 2.33. The monoisotopic (exact) mass is 426 g/mol. The summed E-state index contributed by atoms with van der Waals surface area (Å²) in [6.07, 6.45) is 0.220. The van der Waals surface area contributed by atoms with Crippen LogP contribution in [0.3, 0.4) is 0 Å². The summed E-state index contributed by atoms with van der Waals surface area (Å²) in [5, 5.41) is 16.1. The molecule has 154 valence electrons. The number of thiophene rings is 1. The van der Waals surface area contributed by atoms with Crippen LogP contribution in [0, 0.1) is 12.7 Å². The number of carbonyl (C=O) groups is 2. The Morgan fingerprint density at radius 1 is 1.27 bits per heavy atom. The van der Waals surface area contributed by atoms with Crippen molar-refractivity contribution < 1.29 is 23.8 Å². The third kappa shape index (κ3) is 3.61. The Hall–Kier alpha value is -3.39. The zero-order chi connectivity index (χ0) is 21.4. The van der Waals surface area contributed by atoms with Crippen molar-refractivity contribution in [2.75, 3.05) is 17.7 Å². The van der Waals surface area contributed by atoms with Crippen molar-refractivity contribution in [3.8, 4) is 11.5 Å². The Morgan fingerprint density at radius 3 is 2.70 bits per heavy atom. The zero-order valence-corrected chi connectivity index (χ0v) is 17.1. The van der Waals surface area contributed by atoms with Crippen LogP contribution in [0.15, 0.2) is 42.5 Å². The molecule has 0 saturated heterocycles. The summed E-state index contributed by atoms with van der Waals surface area (Å²) < 4.78 is 18.3. The van der Waals surface area contributed by atoms with Crippen LogP contribution in [0.4, 0.5) is 15.1 Å². The van der Waals surface area contributed by atoms with E-state index in [0.29, 0.717) is 21.3 Å². The number of ether oxygens (including phenoxy) is 1. The molecule has 2 aromatic carbocycles. The van der Waals surface area contributed by atoms with E-state index in [0.717, 1.165) is 16.7 Å². The maximum absolute atomic E-state index is 13.1. The number of aromatic hydroxyl groups is 1. The summed E-state index contributed by atoms with van der Waals surface area (Å²) in [6, 6.07) is 10.5. The Balaban J connectivity index is 1.71. The lowest BCUT2D eigenvalue weighted by Gasteiger charge is -2.24. The van der Waals surface area contributed by atoms with Crippen LogP contribution in [0.25, 0.3) is 0 Å². The average molecular weight is 426 g/mol. The van der Waals surface area contributed by atoms with Crippen LogP contribution in [-0.4, -0.2) is 24.0 Å². The molecule has 0 bridgehead atoms. The highest BCUT2D eigenvalue weighted by atomic mass is 32.1. The van der Waals surface area contributed by atoms with E-state index in [4.69, 9.17) is 4.74 Å². The van der Waals surface area contributed by atoms with E-state index in [9.17, 15) is 19.1 Å². The van der Waals surface area contributed by atoms with E-state index >= 15 is 0 Å². The van der Waals surface area contributed by atoms with Gasteiger partial charge in [0.2, 0.25) is 5.91 Å². The maximum Gasteiger partial charge on any atom is 0.266 e. The molecule has 0 unspecified atom stereocenters. The van der Waals surface area contributed by atoms with E-state index in [1.165, 1.54) is 48.8 Å². The number of hydrogen-bond acceptors (Lipinski definition) is 5. The van der Waals surface area contributed by atoms with Gasteiger partial charge in [-0.05, 0) is 60.0 Å². The summed E-state index contributed by atoms with van der Waals surface area (Å²) in [4.78, 5) is 25.6. The second kappa shape index (κ2) is 7.79.